The number of alkyl halides is 1. The first-order valence-corrected chi connectivity index (χ1v) is 8.78. The highest BCUT2D eigenvalue weighted by Crippen LogP contribution is 2.37. The third kappa shape index (κ3) is 2.67. The first-order chi connectivity index (χ1) is 10.1. The number of halogens is 1. The summed E-state index contributed by atoms with van der Waals surface area (Å²) in [6, 6.07) is 2.59. The average molecular weight is 322 g/mol. The maximum Gasteiger partial charge on any atom is 0.131 e. The molecule has 5 heteroatoms. The predicted molar refractivity (Wildman–Crippen MR) is 89.5 cm³/mol. The van der Waals surface area contributed by atoms with Crippen molar-refractivity contribution in [3.63, 3.8) is 0 Å². The van der Waals surface area contributed by atoms with Gasteiger partial charge in [-0.2, -0.15) is 0 Å². The van der Waals surface area contributed by atoms with E-state index in [1.165, 1.54) is 10.4 Å². The molecule has 0 aromatic carbocycles. The second-order valence-corrected chi connectivity index (χ2v) is 7.03. The summed E-state index contributed by atoms with van der Waals surface area (Å²) < 4.78 is 0. The number of rotatable bonds is 3. The summed E-state index contributed by atoms with van der Waals surface area (Å²) >= 11 is 8.00. The molecule has 0 aliphatic carbocycles. The summed E-state index contributed by atoms with van der Waals surface area (Å²) in [6.45, 7) is 7.46. The van der Waals surface area contributed by atoms with Gasteiger partial charge in [0.15, 0.2) is 0 Å². The molecule has 1 aliphatic rings. The van der Waals surface area contributed by atoms with E-state index < -0.39 is 0 Å². The third-order valence-corrected chi connectivity index (χ3v) is 5.34. The smallest absolute Gasteiger partial charge is 0.131 e. The van der Waals surface area contributed by atoms with E-state index in [4.69, 9.17) is 11.6 Å². The molecule has 2 aromatic rings. The van der Waals surface area contributed by atoms with E-state index in [0.29, 0.717) is 17.8 Å². The molecule has 1 aliphatic heterocycles. The van der Waals surface area contributed by atoms with Gasteiger partial charge in [0.1, 0.15) is 5.82 Å². The molecule has 21 heavy (non-hydrogen) atoms. The van der Waals surface area contributed by atoms with Gasteiger partial charge >= 0.3 is 0 Å². The summed E-state index contributed by atoms with van der Waals surface area (Å²) in [4.78, 5) is 13.1. The van der Waals surface area contributed by atoms with Crippen LogP contribution in [0.25, 0.3) is 0 Å². The zero-order chi connectivity index (χ0) is 15.0. The first kappa shape index (κ1) is 14.8. The Bertz CT molecular complexity index is 638. The van der Waals surface area contributed by atoms with Crippen molar-refractivity contribution in [2.75, 3.05) is 11.4 Å². The fourth-order valence-corrected chi connectivity index (χ4v) is 4.04. The maximum atomic E-state index is 6.14. The molecule has 0 N–H and O–H groups in total. The number of hydrogen-bond donors (Lipinski definition) is 0. The third-order valence-electron chi connectivity index (χ3n) is 4.09. The zero-order valence-electron chi connectivity index (χ0n) is 12.6. The van der Waals surface area contributed by atoms with E-state index in [1.54, 1.807) is 0 Å². The van der Waals surface area contributed by atoms with Crippen molar-refractivity contribution in [3.05, 3.63) is 39.6 Å². The van der Waals surface area contributed by atoms with Crippen LogP contribution in [0.4, 0.5) is 5.69 Å². The van der Waals surface area contributed by atoms with Gasteiger partial charge in [-0.25, -0.2) is 9.97 Å². The van der Waals surface area contributed by atoms with Crippen LogP contribution in [0.1, 0.15) is 54.7 Å². The second-order valence-electron chi connectivity index (χ2n) is 5.77. The molecule has 112 valence electrons. The van der Waals surface area contributed by atoms with Crippen molar-refractivity contribution in [2.45, 2.75) is 45.0 Å². The van der Waals surface area contributed by atoms with Crippen LogP contribution in [-0.4, -0.2) is 16.5 Å². The molecule has 0 saturated carbocycles. The molecule has 0 radical (unpaired) electrons. The molecule has 3 heterocycles. The van der Waals surface area contributed by atoms with Gasteiger partial charge in [0.25, 0.3) is 0 Å². The Labute approximate surface area is 135 Å². The molecule has 0 amide bonds. The predicted octanol–water partition coefficient (Wildman–Crippen LogP) is 4.52. The van der Waals surface area contributed by atoms with Crippen LogP contribution in [0, 0.1) is 0 Å². The van der Waals surface area contributed by atoms with Crippen LogP contribution < -0.4 is 4.90 Å². The standard InChI is InChI=1S/C16H20ClN3S/c1-10(2)16-18-9-14(13(8-17)19-16)20-6-4-15-12(11(20)3)5-7-21-15/h5,7,9-11H,4,6,8H2,1-3H3. The lowest BCUT2D eigenvalue weighted by atomic mass is 10.0. The molecule has 0 fully saturated rings. The van der Waals surface area contributed by atoms with Gasteiger partial charge in [0.2, 0.25) is 0 Å². The normalized spacial score (nSPS) is 18.1. The van der Waals surface area contributed by atoms with E-state index >= 15 is 0 Å². The molecule has 0 bridgehead atoms. The zero-order valence-corrected chi connectivity index (χ0v) is 14.2. The van der Waals surface area contributed by atoms with Crippen molar-refractivity contribution < 1.29 is 0 Å². The molecule has 3 nitrogen and oxygen atoms in total. The lowest BCUT2D eigenvalue weighted by Crippen LogP contribution is -2.34. The van der Waals surface area contributed by atoms with Crippen molar-refractivity contribution in [1.82, 2.24) is 9.97 Å². The van der Waals surface area contributed by atoms with Gasteiger partial charge in [-0.3, -0.25) is 0 Å². The minimum absolute atomic E-state index is 0.322. The monoisotopic (exact) mass is 321 g/mol. The Morgan fingerprint density at radius 2 is 2.29 bits per heavy atom. The van der Waals surface area contributed by atoms with Crippen LogP contribution in [0.3, 0.4) is 0 Å². The molecule has 1 unspecified atom stereocenters. The van der Waals surface area contributed by atoms with E-state index in [9.17, 15) is 0 Å². The minimum atomic E-state index is 0.322. The minimum Gasteiger partial charge on any atom is -0.362 e. The number of nitrogens with zero attached hydrogens (tertiary/aromatic N) is 3. The fourth-order valence-electron chi connectivity index (χ4n) is 2.88. The van der Waals surface area contributed by atoms with Gasteiger partial charge in [-0.05, 0) is 30.4 Å². The van der Waals surface area contributed by atoms with Gasteiger partial charge in [0.05, 0.1) is 29.5 Å². The number of thiophene rings is 1. The summed E-state index contributed by atoms with van der Waals surface area (Å²) in [5, 5.41) is 2.19. The number of anilines is 1. The Kier molecular flexibility index (Phi) is 4.18. The van der Waals surface area contributed by atoms with Crippen molar-refractivity contribution >= 4 is 28.6 Å². The van der Waals surface area contributed by atoms with Gasteiger partial charge in [-0.15, -0.1) is 22.9 Å². The van der Waals surface area contributed by atoms with Crippen LogP contribution in [0.15, 0.2) is 17.6 Å². The molecule has 3 rings (SSSR count). The van der Waals surface area contributed by atoms with E-state index in [2.05, 4.69) is 47.1 Å². The highest BCUT2D eigenvalue weighted by atomic mass is 35.5. The largest absolute Gasteiger partial charge is 0.362 e. The highest BCUT2D eigenvalue weighted by Gasteiger charge is 2.27. The van der Waals surface area contributed by atoms with Crippen LogP contribution in [0.2, 0.25) is 0 Å². The number of hydrogen-bond acceptors (Lipinski definition) is 4. The Balaban J connectivity index is 1.97. The van der Waals surface area contributed by atoms with E-state index in [-0.39, 0.29) is 0 Å². The molecule has 0 saturated heterocycles. The Morgan fingerprint density at radius 1 is 1.48 bits per heavy atom. The van der Waals surface area contributed by atoms with Gasteiger partial charge in [0, 0.05) is 17.3 Å². The molecule has 2 aromatic heterocycles. The SMILES string of the molecule is CC(C)c1ncc(N2CCc3sccc3C2C)c(CCl)n1. The summed E-state index contributed by atoms with van der Waals surface area (Å²) in [7, 11) is 0. The van der Waals surface area contributed by atoms with Gasteiger partial charge < -0.3 is 4.90 Å². The van der Waals surface area contributed by atoms with Crippen LogP contribution in [0.5, 0.6) is 0 Å². The first-order valence-electron chi connectivity index (χ1n) is 7.36. The van der Waals surface area contributed by atoms with E-state index in [0.717, 1.165) is 30.2 Å². The van der Waals surface area contributed by atoms with Crippen LogP contribution in [-0.2, 0) is 12.3 Å². The van der Waals surface area contributed by atoms with Crippen molar-refractivity contribution in [3.8, 4) is 0 Å². The lowest BCUT2D eigenvalue weighted by Gasteiger charge is -2.36. The van der Waals surface area contributed by atoms with Gasteiger partial charge in [-0.1, -0.05) is 13.8 Å². The van der Waals surface area contributed by atoms with Crippen molar-refractivity contribution in [1.29, 1.82) is 0 Å². The van der Waals surface area contributed by atoms with Crippen LogP contribution >= 0.6 is 22.9 Å². The number of fused-ring (bicyclic) bond motifs is 1. The lowest BCUT2D eigenvalue weighted by molar-refractivity contribution is 0.625. The Morgan fingerprint density at radius 3 is 3.00 bits per heavy atom. The van der Waals surface area contributed by atoms with E-state index in [1.807, 2.05) is 17.5 Å². The molecular formula is C16H20ClN3S. The average Bonchev–Trinajstić information content (AvgIpc) is 2.96. The summed E-state index contributed by atoms with van der Waals surface area (Å²) in [6.07, 6.45) is 3.04. The quantitative estimate of drug-likeness (QED) is 0.778. The topological polar surface area (TPSA) is 29.0 Å². The number of aromatic nitrogens is 2. The molecular weight excluding hydrogens is 302 g/mol. The molecule has 0 spiro atoms. The molecule has 1 atom stereocenters. The van der Waals surface area contributed by atoms with Crippen molar-refractivity contribution in [2.24, 2.45) is 0 Å². The second kappa shape index (κ2) is 5.93. The summed E-state index contributed by atoms with van der Waals surface area (Å²) in [5.41, 5.74) is 3.46. The highest BCUT2D eigenvalue weighted by molar-refractivity contribution is 7.10. The maximum absolute atomic E-state index is 6.14. The summed E-state index contributed by atoms with van der Waals surface area (Å²) in [5.74, 6) is 1.62. The Hall–Kier alpha value is -1.13. The fraction of sp³-hybridized carbons (Fsp3) is 0.500.